The Balaban J connectivity index is 1.39. The van der Waals surface area contributed by atoms with Crippen molar-refractivity contribution in [3.63, 3.8) is 0 Å². The summed E-state index contributed by atoms with van der Waals surface area (Å²) in [6.45, 7) is 5.81. The highest BCUT2D eigenvalue weighted by Gasteiger charge is 2.27. The fourth-order valence-corrected chi connectivity index (χ4v) is 4.32. The Hall–Kier alpha value is -3.45. The van der Waals surface area contributed by atoms with Gasteiger partial charge in [-0.2, -0.15) is 0 Å². The molecule has 1 saturated heterocycles. The second-order valence-electron chi connectivity index (χ2n) is 8.30. The van der Waals surface area contributed by atoms with Crippen LogP contribution in [0.2, 0.25) is 5.02 Å². The first-order valence-electron chi connectivity index (χ1n) is 11.0. The van der Waals surface area contributed by atoms with Gasteiger partial charge in [-0.25, -0.2) is 4.39 Å². The lowest BCUT2D eigenvalue weighted by atomic mass is 10.0. The highest BCUT2D eigenvalue weighted by molar-refractivity contribution is 6.33. The largest absolute Gasteiger partial charge is 0.488 e. The lowest BCUT2D eigenvalue weighted by Gasteiger charge is -2.35. The third-order valence-corrected chi connectivity index (χ3v) is 6.14. The van der Waals surface area contributed by atoms with E-state index in [4.69, 9.17) is 16.3 Å². The fraction of sp³-hybridized carbons (Fsp3) is 0.269. The number of aromatic nitrogens is 1. The number of halogens is 2. The Labute approximate surface area is 202 Å². The van der Waals surface area contributed by atoms with Crippen LogP contribution in [0.5, 0.6) is 5.75 Å². The summed E-state index contributed by atoms with van der Waals surface area (Å²) in [5, 5.41) is 0.0836. The van der Waals surface area contributed by atoms with E-state index in [2.05, 4.69) is 4.98 Å². The lowest BCUT2D eigenvalue weighted by molar-refractivity contribution is 0.0535. The van der Waals surface area contributed by atoms with Crippen LogP contribution in [0.25, 0.3) is 0 Å². The minimum atomic E-state index is -0.490. The topological polar surface area (TPSA) is 62.7 Å². The predicted octanol–water partition coefficient (Wildman–Crippen LogP) is 4.67. The molecule has 6 nitrogen and oxygen atoms in total. The van der Waals surface area contributed by atoms with Gasteiger partial charge in [0, 0.05) is 49.7 Å². The van der Waals surface area contributed by atoms with E-state index in [9.17, 15) is 14.0 Å². The maximum atomic E-state index is 13.3. The fourth-order valence-electron chi connectivity index (χ4n) is 4.07. The average molecular weight is 482 g/mol. The van der Waals surface area contributed by atoms with Crippen LogP contribution >= 0.6 is 11.6 Å². The van der Waals surface area contributed by atoms with Crippen molar-refractivity contribution < 1.29 is 18.7 Å². The zero-order valence-corrected chi connectivity index (χ0v) is 19.8. The van der Waals surface area contributed by atoms with E-state index in [1.54, 1.807) is 22.2 Å². The van der Waals surface area contributed by atoms with Crippen molar-refractivity contribution in [2.75, 3.05) is 26.2 Å². The molecule has 3 aromatic rings. The molecule has 0 aliphatic carbocycles. The zero-order chi connectivity index (χ0) is 24.2. The van der Waals surface area contributed by atoms with Crippen molar-refractivity contribution in [1.29, 1.82) is 0 Å². The minimum absolute atomic E-state index is 0.0836. The second-order valence-corrected chi connectivity index (χ2v) is 8.70. The molecule has 1 aromatic heterocycles. The molecule has 0 N–H and O–H groups in total. The van der Waals surface area contributed by atoms with Gasteiger partial charge >= 0.3 is 0 Å². The molecular formula is C26H25ClFN3O3. The standard InChI is InChI=1S/C26H25ClFN3O3/c1-17-12-20(13-18(2)24(17)34-16-19-4-3-7-29-15-19)25(32)30-8-10-31(11-9-30)26(33)22-6-5-21(28)14-23(22)27/h3-7,12-15H,8-11,16H2,1-2H3. The molecule has 0 unspecified atom stereocenters. The molecule has 8 heteroatoms. The maximum absolute atomic E-state index is 13.3. The van der Waals surface area contributed by atoms with Crippen LogP contribution in [0, 0.1) is 19.7 Å². The second kappa shape index (κ2) is 10.2. The van der Waals surface area contributed by atoms with E-state index in [0.29, 0.717) is 38.3 Å². The number of hydrogen-bond donors (Lipinski definition) is 0. The molecule has 2 heterocycles. The van der Waals surface area contributed by atoms with Gasteiger partial charge in [0.15, 0.2) is 0 Å². The Kier molecular flexibility index (Phi) is 7.12. The van der Waals surface area contributed by atoms with Crippen LogP contribution in [0.1, 0.15) is 37.4 Å². The Morgan fingerprint density at radius 3 is 2.24 bits per heavy atom. The number of amides is 2. The quantitative estimate of drug-likeness (QED) is 0.531. The van der Waals surface area contributed by atoms with Crippen LogP contribution in [0.3, 0.4) is 0 Å². The van der Waals surface area contributed by atoms with E-state index in [1.165, 1.54) is 12.1 Å². The van der Waals surface area contributed by atoms with Crippen LogP contribution in [-0.4, -0.2) is 52.8 Å². The van der Waals surface area contributed by atoms with Crippen molar-refractivity contribution in [1.82, 2.24) is 14.8 Å². The molecule has 34 heavy (non-hydrogen) atoms. The van der Waals surface area contributed by atoms with Crippen LogP contribution < -0.4 is 4.74 Å². The van der Waals surface area contributed by atoms with E-state index in [0.717, 1.165) is 28.5 Å². The first-order chi connectivity index (χ1) is 16.3. The van der Waals surface area contributed by atoms with Gasteiger partial charge < -0.3 is 14.5 Å². The third-order valence-electron chi connectivity index (χ3n) is 5.83. The van der Waals surface area contributed by atoms with Gasteiger partial charge in [-0.05, 0) is 61.4 Å². The molecule has 0 saturated carbocycles. The molecule has 1 aliphatic heterocycles. The van der Waals surface area contributed by atoms with Gasteiger partial charge in [-0.1, -0.05) is 17.7 Å². The van der Waals surface area contributed by atoms with Crippen molar-refractivity contribution in [2.24, 2.45) is 0 Å². The number of piperazine rings is 1. The summed E-state index contributed by atoms with van der Waals surface area (Å²) in [7, 11) is 0. The average Bonchev–Trinajstić information content (AvgIpc) is 2.83. The summed E-state index contributed by atoms with van der Waals surface area (Å²) >= 11 is 6.04. The molecule has 1 aliphatic rings. The number of benzene rings is 2. The lowest BCUT2D eigenvalue weighted by Crippen LogP contribution is -2.50. The maximum Gasteiger partial charge on any atom is 0.255 e. The highest BCUT2D eigenvalue weighted by atomic mass is 35.5. The zero-order valence-electron chi connectivity index (χ0n) is 19.1. The van der Waals surface area contributed by atoms with Crippen LogP contribution in [0.15, 0.2) is 54.9 Å². The molecule has 2 amide bonds. The Bertz CT molecular complexity index is 1190. The van der Waals surface area contributed by atoms with Gasteiger partial charge in [-0.3, -0.25) is 14.6 Å². The highest BCUT2D eigenvalue weighted by Crippen LogP contribution is 2.27. The van der Waals surface area contributed by atoms with Gasteiger partial charge in [0.1, 0.15) is 18.2 Å². The first-order valence-corrected chi connectivity index (χ1v) is 11.4. The molecule has 4 rings (SSSR count). The smallest absolute Gasteiger partial charge is 0.255 e. The first kappa shape index (κ1) is 23.7. The summed E-state index contributed by atoms with van der Waals surface area (Å²) in [5.74, 6) is -0.0844. The number of carbonyl (C=O) groups excluding carboxylic acids is 2. The monoisotopic (exact) mass is 481 g/mol. The molecular weight excluding hydrogens is 457 g/mol. The molecule has 0 bridgehead atoms. The van der Waals surface area contributed by atoms with E-state index < -0.39 is 5.82 Å². The van der Waals surface area contributed by atoms with Crippen LogP contribution in [-0.2, 0) is 6.61 Å². The summed E-state index contributed by atoms with van der Waals surface area (Å²) in [5.41, 5.74) is 3.58. The van der Waals surface area contributed by atoms with Crippen molar-refractivity contribution in [3.05, 3.63) is 93.5 Å². The number of nitrogens with zero attached hydrogens (tertiary/aromatic N) is 3. The summed E-state index contributed by atoms with van der Waals surface area (Å²) < 4.78 is 19.3. The Morgan fingerprint density at radius 2 is 1.65 bits per heavy atom. The van der Waals surface area contributed by atoms with E-state index in [1.807, 2.05) is 38.1 Å². The molecule has 2 aromatic carbocycles. The minimum Gasteiger partial charge on any atom is -0.488 e. The number of aryl methyl sites for hydroxylation is 2. The predicted molar refractivity (Wildman–Crippen MR) is 128 cm³/mol. The number of pyridine rings is 1. The molecule has 0 radical (unpaired) electrons. The summed E-state index contributed by atoms with van der Waals surface area (Å²) in [4.78, 5) is 33.4. The Morgan fingerprint density at radius 1 is 1.00 bits per heavy atom. The van der Waals surface area contributed by atoms with Crippen LogP contribution in [0.4, 0.5) is 4.39 Å². The van der Waals surface area contributed by atoms with Crippen molar-refractivity contribution in [3.8, 4) is 5.75 Å². The number of ether oxygens (including phenoxy) is 1. The summed E-state index contributed by atoms with van der Waals surface area (Å²) in [6, 6.07) is 11.2. The SMILES string of the molecule is Cc1cc(C(=O)N2CCN(C(=O)c3ccc(F)cc3Cl)CC2)cc(C)c1OCc1cccnc1. The van der Waals surface area contributed by atoms with E-state index >= 15 is 0 Å². The van der Waals surface area contributed by atoms with Crippen molar-refractivity contribution in [2.45, 2.75) is 20.5 Å². The van der Waals surface area contributed by atoms with Crippen molar-refractivity contribution >= 4 is 23.4 Å². The van der Waals surface area contributed by atoms with Gasteiger partial charge in [-0.15, -0.1) is 0 Å². The summed E-state index contributed by atoms with van der Waals surface area (Å²) in [6.07, 6.45) is 3.48. The van der Waals surface area contributed by atoms with Gasteiger partial charge in [0.2, 0.25) is 0 Å². The molecule has 0 atom stereocenters. The molecule has 0 spiro atoms. The normalized spacial score (nSPS) is 13.6. The number of hydrogen-bond acceptors (Lipinski definition) is 4. The molecule has 1 fully saturated rings. The number of rotatable bonds is 5. The van der Waals surface area contributed by atoms with Gasteiger partial charge in [0.25, 0.3) is 11.8 Å². The third kappa shape index (κ3) is 5.20. The van der Waals surface area contributed by atoms with E-state index in [-0.39, 0.29) is 22.4 Å². The van der Waals surface area contributed by atoms with Gasteiger partial charge in [0.05, 0.1) is 10.6 Å². The molecule has 176 valence electrons. The number of carbonyl (C=O) groups is 2.